The van der Waals surface area contributed by atoms with Gasteiger partial charge in [-0.2, -0.15) is 0 Å². The molecule has 0 aliphatic carbocycles. The Hall–Kier alpha value is -2.91. The topological polar surface area (TPSA) is 89.5 Å². The zero-order valence-corrected chi connectivity index (χ0v) is 18.0. The van der Waals surface area contributed by atoms with Crippen LogP contribution in [0, 0.1) is 6.92 Å². The summed E-state index contributed by atoms with van der Waals surface area (Å²) in [5.74, 6) is -0.715. The van der Waals surface area contributed by atoms with E-state index in [1.165, 1.54) is 49.0 Å². The van der Waals surface area contributed by atoms with Crippen molar-refractivity contribution in [1.29, 1.82) is 0 Å². The Morgan fingerprint density at radius 3 is 2.72 bits per heavy atom. The Balaban J connectivity index is 1.83. The van der Waals surface area contributed by atoms with Crippen LogP contribution >= 0.6 is 22.7 Å². The molecule has 0 saturated heterocycles. The normalized spacial score (nSPS) is 11.2. The summed E-state index contributed by atoms with van der Waals surface area (Å²) in [4.78, 5) is 47.5. The summed E-state index contributed by atoms with van der Waals surface area (Å²) in [6.45, 7) is 5.71. The van der Waals surface area contributed by atoms with E-state index in [9.17, 15) is 14.4 Å². The molecule has 3 rings (SSSR count). The second kappa shape index (κ2) is 8.62. The average molecular weight is 430 g/mol. The first-order valence-corrected chi connectivity index (χ1v) is 10.5. The number of hydrogen-bond acceptors (Lipinski definition) is 8. The molecule has 0 fully saturated rings. The number of methoxy groups -OCH3 is 1. The molecule has 0 atom stereocenters. The highest BCUT2D eigenvalue weighted by atomic mass is 32.1. The molecule has 1 amide bonds. The molecule has 3 aromatic rings. The molecule has 0 radical (unpaired) electrons. The minimum Gasteiger partial charge on any atom is -0.465 e. The number of rotatable bonds is 6. The van der Waals surface area contributed by atoms with E-state index < -0.39 is 5.97 Å². The predicted octanol–water partition coefficient (Wildman–Crippen LogP) is 4.12. The maximum Gasteiger partial charge on any atom is 0.348 e. The third-order valence-electron chi connectivity index (χ3n) is 4.29. The van der Waals surface area contributed by atoms with Gasteiger partial charge in [-0.1, -0.05) is 0 Å². The van der Waals surface area contributed by atoms with Crippen LogP contribution in [0.5, 0.6) is 0 Å². The summed E-state index contributed by atoms with van der Waals surface area (Å²) in [6, 6.07) is 1.73. The van der Waals surface area contributed by atoms with Crippen LogP contribution in [0.15, 0.2) is 23.7 Å². The van der Waals surface area contributed by atoms with E-state index in [-0.39, 0.29) is 11.7 Å². The summed E-state index contributed by atoms with van der Waals surface area (Å²) in [7, 11) is 1.33. The lowest BCUT2D eigenvalue weighted by atomic mass is 10.1. The molecule has 150 valence electrons. The number of allylic oxidation sites excluding steroid dienone is 1. The predicted molar refractivity (Wildman–Crippen MR) is 115 cm³/mol. The van der Waals surface area contributed by atoms with Crippen molar-refractivity contribution in [3.8, 4) is 0 Å². The number of fused-ring (bicyclic) bond motifs is 1. The maximum absolute atomic E-state index is 12.6. The Labute approximate surface area is 175 Å². The average Bonchev–Trinajstić information content (AvgIpc) is 3.30. The zero-order chi connectivity index (χ0) is 21.1. The molecule has 0 aliphatic rings. The number of carbonyl (C=O) groups excluding carboxylic acids is 3. The molecule has 3 heterocycles. The van der Waals surface area contributed by atoms with Crippen molar-refractivity contribution < 1.29 is 19.1 Å². The zero-order valence-electron chi connectivity index (χ0n) is 16.4. The summed E-state index contributed by atoms with van der Waals surface area (Å²) in [6.07, 6.45) is 4.53. The van der Waals surface area contributed by atoms with Gasteiger partial charge in [0.15, 0.2) is 10.9 Å². The van der Waals surface area contributed by atoms with Gasteiger partial charge >= 0.3 is 5.97 Å². The Bertz CT molecular complexity index is 1130. The van der Waals surface area contributed by atoms with Gasteiger partial charge in [0, 0.05) is 36.0 Å². The minimum atomic E-state index is -0.413. The largest absolute Gasteiger partial charge is 0.465 e. The number of pyridine rings is 1. The molecule has 0 unspecified atom stereocenters. The third-order valence-corrected chi connectivity index (χ3v) is 6.37. The highest BCUT2D eigenvalue weighted by Gasteiger charge is 2.18. The third kappa shape index (κ3) is 4.25. The number of esters is 1. The van der Waals surface area contributed by atoms with Crippen LogP contribution < -0.4 is 4.90 Å². The monoisotopic (exact) mass is 429 g/mol. The molecular formula is C20H19N3O4S2. The number of carbonyl (C=O) groups is 3. The van der Waals surface area contributed by atoms with Crippen molar-refractivity contribution in [2.24, 2.45) is 0 Å². The number of aromatic nitrogens is 2. The molecule has 7 nitrogen and oxygen atoms in total. The fourth-order valence-corrected chi connectivity index (χ4v) is 4.70. The van der Waals surface area contributed by atoms with Crippen molar-refractivity contribution in [2.75, 3.05) is 18.6 Å². The smallest absolute Gasteiger partial charge is 0.348 e. The molecule has 0 spiro atoms. The highest BCUT2D eigenvalue weighted by molar-refractivity contribution is 7.20. The van der Waals surface area contributed by atoms with Crippen LogP contribution in [0.3, 0.4) is 0 Å². The minimum absolute atomic E-state index is 0.0784. The van der Waals surface area contributed by atoms with Crippen LogP contribution in [-0.4, -0.2) is 41.3 Å². The van der Waals surface area contributed by atoms with E-state index in [1.54, 1.807) is 22.4 Å². The Kier molecular flexibility index (Phi) is 6.19. The molecule has 0 aromatic carbocycles. The molecule has 0 saturated carbocycles. The van der Waals surface area contributed by atoms with Gasteiger partial charge < -0.3 is 4.74 Å². The molecule has 9 heteroatoms. The number of ketones is 1. The number of amides is 1. The molecule has 0 N–H and O–H groups in total. The lowest BCUT2D eigenvalue weighted by Crippen LogP contribution is -2.27. The second-order valence-electron chi connectivity index (χ2n) is 6.14. The summed E-state index contributed by atoms with van der Waals surface area (Å²) in [5, 5.41) is 3.14. The quantitative estimate of drug-likeness (QED) is 0.333. The van der Waals surface area contributed by atoms with Gasteiger partial charge in [0.05, 0.1) is 12.8 Å². The Morgan fingerprint density at radius 2 is 2.07 bits per heavy atom. The number of thiophene rings is 1. The SMILES string of the molecule is CCN(C(C)=O)c1nc(/C=C/C(=O)c2cnc3sc(C(=O)OC)c(C)c3c2)cs1. The first-order chi connectivity index (χ1) is 13.8. The number of anilines is 1. The lowest BCUT2D eigenvalue weighted by Gasteiger charge is -2.14. The summed E-state index contributed by atoms with van der Waals surface area (Å²) in [5.41, 5.74) is 1.77. The van der Waals surface area contributed by atoms with E-state index in [4.69, 9.17) is 4.74 Å². The van der Waals surface area contributed by atoms with Crippen molar-refractivity contribution >= 4 is 61.8 Å². The summed E-state index contributed by atoms with van der Waals surface area (Å²) < 4.78 is 4.79. The van der Waals surface area contributed by atoms with Gasteiger partial charge in [0.1, 0.15) is 9.71 Å². The summed E-state index contributed by atoms with van der Waals surface area (Å²) >= 11 is 2.59. The van der Waals surface area contributed by atoms with E-state index in [1.807, 2.05) is 13.8 Å². The van der Waals surface area contributed by atoms with E-state index in [0.29, 0.717) is 32.6 Å². The van der Waals surface area contributed by atoms with Gasteiger partial charge in [-0.25, -0.2) is 14.8 Å². The number of hydrogen-bond donors (Lipinski definition) is 0. The van der Waals surface area contributed by atoms with Crippen molar-refractivity contribution in [1.82, 2.24) is 9.97 Å². The van der Waals surface area contributed by atoms with Crippen LogP contribution in [0.2, 0.25) is 0 Å². The molecule has 29 heavy (non-hydrogen) atoms. The Morgan fingerprint density at radius 1 is 1.31 bits per heavy atom. The number of aryl methyl sites for hydroxylation is 1. The fourth-order valence-electron chi connectivity index (χ4n) is 2.75. The van der Waals surface area contributed by atoms with Crippen LogP contribution in [0.25, 0.3) is 16.3 Å². The number of ether oxygens (including phenoxy) is 1. The van der Waals surface area contributed by atoms with Crippen molar-refractivity contribution in [3.63, 3.8) is 0 Å². The van der Waals surface area contributed by atoms with Crippen LogP contribution in [0.4, 0.5) is 5.13 Å². The van der Waals surface area contributed by atoms with Crippen LogP contribution in [-0.2, 0) is 9.53 Å². The first-order valence-electron chi connectivity index (χ1n) is 8.79. The van der Waals surface area contributed by atoms with Gasteiger partial charge in [0.25, 0.3) is 0 Å². The van der Waals surface area contributed by atoms with Crippen molar-refractivity contribution in [3.05, 3.63) is 45.4 Å². The van der Waals surface area contributed by atoms with Crippen molar-refractivity contribution in [2.45, 2.75) is 20.8 Å². The highest BCUT2D eigenvalue weighted by Crippen LogP contribution is 2.30. The number of nitrogens with zero attached hydrogens (tertiary/aromatic N) is 3. The molecule has 0 bridgehead atoms. The maximum atomic E-state index is 12.6. The molecule has 3 aromatic heterocycles. The van der Waals surface area contributed by atoms with E-state index in [2.05, 4.69) is 9.97 Å². The van der Waals surface area contributed by atoms with Gasteiger partial charge in [-0.15, -0.1) is 22.7 Å². The van der Waals surface area contributed by atoms with Gasteiger partial charge in [-0.05, 0) is 37.6 Å². The molecule has 0 aliphatic heterocycles. The standard InChI is InChI=1S/C20H19N3O4S2/c1-5-23(12(3)24)20-22-14(10-28-20)6-7-16(25)13-8-15-11(2)17(19(26)27-4)29-18(15)21-9-13/h6-10H,5H2,1-4H3/b7-6+. The first kappa shape index (κ1) is 20.8. The number of thiazole rings is 1. The second-order valence-corrected chi connectivity index (χ2v) is 7.98. The van der Waals surface area contributed by atoms with Gasteiger partial charge in [0.2, 0.25) is 5.91 Å². The fraction of sp³-hybridized carbons (Fsp3) is 0.250. The molecular weight excluding hydrogens is 410 g/mol. The lowest BCUT2D eigenvalue weighted by molar-refractivity contribution is -0.116. The van der Waals surface area contributed by atoms with Crippen LogP contribution in [0.1, 0.15) is 45.1 Å². The van der Waals surface area contributed by atoms with E-state index in [0.717, 1.165) is 10.9 Å². The van der Waals surface area contributed by atoms with Gasteiger partial charge in [-0.3, -0.25) is 14.5 Å². The van der Waals surface area contributed by atoms with E-state index >= 15 is 0 Å².